The topological polar surface area (TPSA) is 78.2 Å². The van der Waals surface area contributed by atoms with Crippen molar-refractivity contribution in [2.24, 2.45) is 5.92 Å². The molecule has 1 unspecified atom stereocenters. The van der Waals surface area contributed by atoms with Crippen molar-refractivity contribution in [3.63, 3.8) is 0 Å². The van der Waals surface area contributed by atoms with Crippen LogP contribution in [0.25, 0.3) is 0 Å². The van der Waals surface area contributed by atoms with E-state index >= 15 is 0 Å². The van der Waals surface area contributed by atoms with Gasteiger partial charge in [-0.05, 0) is 49.4 Å². The first-order valence-corrected chi connectivity index (χ1v) is 9.85. The van der Waals surface area contributed by atoms with Gasteiger partial charge in [0.25, 0.3) is 5.91 Å². The molecule has 1 aromatic heterocycles. The number of hydrogen-bond acceptors (Lipinski definition) is 4. The fourth-order valence-corrected chi connectivity index (χ4v) is 3.36. The van der Waals surface area contributed by atoms with Crippen LogP contribution in [-0.2, 0) is 19.5 Å². The Morgan fingerprint density at radius 2 is 2.00 bits per heavy atom. The number of nitrogens with zero attached hydrogens (tertiary/aromatic N) is 3. The molecule has 1 atom stereocenters. The number of ether oxygens (including phenoxy) is 1. The van der Waals surface area contributed by atoms with Crippen LogP contribution in [0.1, 0.15) is 49.3 Å². The Kier molecular flexibility index (Phi) is 6.66. The fraction of sp³-hybridized carbons (Fsp3) is 0.550. The van der Waals surface area contributed by atoms with E-state index < -0.39 is 6.61 Å². The molecule has 2 heterocycles. The number of aryl methyl sites for hydroxylation is 2. The van der Waals surface area contributed by atoms with Crippen LogP contribution >= 0.6 is 0 Å². The molecule has 1 aliphatic heterocycles. The predicted octanol–water partition coefficient (Wildman–Crippen LogP) is 2.83. The van der Waals surface area contributed by atoms with Crippen LogP contribution in [0, 0.1) is 5.92 Å². The van der Waals surface area contributed by atoms with E-state index in [0.717, 1.165) is 12.2 Å². The first kappa shape index (κ1) is 21.0. The Morgan fingerprint density at radius 3 is 2.66 bits per heavy atom. The van der Waals surface area contributed by atoms with Crippen molar-refractivity contribution >= 4 is 5.91 Å². The van der Waals surface area contributed by atoms with Crippen molar-refractivity contribution in [1.29, 1.82) is 0 Å². The maximum Gasteiger partial charge on any atom is 0.387 e. The van der Waals surface area contributed by atoms with Crippen molar-refractivity contribution in [2.75, 3.05) is 0 Å². The van der Waals surface area contributed by atoms with Crippen LogP contribution in [0.4, 0.5) is 8.78 Å². The lowest BCUT2D eigenvalue weighted by Crippen LogP contribution is -2.35. The number of nitrogens with one attached hydrogen (secondary N) is 1. The standard InChI is InChI=1S/C20H26F2N4O3/c1-13(2)9-12-26-20(28)25-11-10-15(5-8-17(25)24-26)23-18(27)14-3-6-16(7-4-14)29-19(21)22/h3-4,6-7,13,15,19H,5,8-12H2,1-2H3,(H,23,27). The molecule has 9 heteroatoms. The molecule has 1 N–H and O–H groups in total. The second-order valence-electron chi connectivity index (χ2n) is 7.66. The number of amides is 1. The Labute approximate surface area is 167 Å². The summed E-state index contributed by atoms with van der Waals surface area (Å²) < 4.78 is 31.9. The molecule has 1 aliphatic rings. The number of alkyl halides is 2. The Balaban J connectivity index is 1.58. The predicted molar refractivity (Wildman–Crippen MR) is 103 cm³/mol. The SMILES string of the molecule is CC(C)CCn1nc2n(c1=O)CCC(NC(=O)c1ccc(OC(F)F)cc1)CC2. The van der Waals surface area contributed by atoms with Gasteiger partial charge < -0.3 is 10.1 Å². The summed E-state index contributed by atoms with van der Waals surface area (Å²) in [6.07, 6.45) is 2.81. The number of hydrogen-bond donors (Lipinski definition) is 1. The van der Waals surface area contributed by atoms with E-state index in [0.29, 0.717) is 43.8 Å². The van der Waals surface area contributed by atoms with E-state index in [4.69, 9.17) is 0 Å². The molecule has 0 aliphatic carbocycles. The second-order valence-corrected chi connectivity index (χ2v) is 7.66. The van der Waals surface area contributed by atoms with Gasteiger partial charge in [0.05, 0.1) is 0 Å². The molecule has 3 rings (SSSR count). The molecule has 1 amide bonds. The number of fused-ring (bicyclic) bond motifs is 1. The summed E-state index contributed by atoms with van der Waals surface area (Å²) in [4.78, 5) is 25.0. The van der Waals surface area contributed by atoms with Gasteiger partial charge in [-0.15, -0.1) is 0 Å². The largest absolute Gasteiger partial charge is 0.435 e. The average molecular weight is 408 g/mol. The first-order chi connectivity index (χ1) is 13.8. The third kappa shape index (κ3) is 5.42. The molecular formula is C20H26F2N4O3. The quantitative estimate of drug-likeness (QED) is 0.764. The van der Waals surface area contributed by atoms with E-state index in [1.54, 1.807) is 4.57 Å². The highest BCUT2D eigenvalue weighted by molar-refractivity contribution is 5.94. The average Bonchev–Trinajstić information content (AvgIpc) is 2.83. The lowest BCUT2D eigenvalue weighted by atomic mass is 10.1. The molecule has 2 aromatic rings. The van der Waals surface area contributed by atoms with Gasteiger partial charge in [0.2, 0.25) is 0 Å². The van der Waals surface area contributed by atoms with E-state index in [1.165, 1.54) is 28.9 Å². The molecule has 0 fully saturated rings. The van der Waals surface area contributed by atoms with Gasteiger partial charge >= 0.3 is 12.3 Å². The van der Waals surface area contributed by atoms with Crippen molar-refractivity contribution in [3.8, 4) is 5.75 Å². The monoisotopic (exact) mass is 408 g/mol. The number of carbonyl (C=O) groups is 1. The number of benzene rings is 1. The maximum absolute atomic E-state index is 12.5. The van der Waals surface area contributed by atoms with Gasteiger partial charge in [0.1, 0.15) is 11.6 Å². The lowest BCUT2D eigenvalue weighted by molar-refractivity contribution is -0.0498. The highest BCUT2D eigenvalue weighted by Crippen LogP contribution is 2.16. The normalized spacial score (nSPS) is 16.6. The molecule has 29 heavy (non-hydrogen) atoms. The van der Waals surface area contributed by atoms with E-state index in [-0.39, 0.29) is 23.4 Å². The molecular weight excluding hydrogens is 382 g/mol. The van der Waals surface area contributed by atoms with Gasteiger partial charge in [-0.2, -0.15) is 13.9 Å². The Hall–Kier alpha value is -2.71. The van der Waals surface area contributed by atoms with Gasteiger partial charge in [-0.1, -0.05) is 13.8 Å². The lowest BCUT2D eigenvalue weighted by Gasteiger charge is -2.16. The van der Waals surface area contributed by atoms with E-state index in [9.17, 15) is 18.4 Å². The van der Waals surface area contributed by atoms with Crippen LogP contribution in [0.2, 0.25) is 0 Å². The van der Waals surface area contributed by atoms with Crippen molar-refractivity contribution < 1.29 is 18.3 Å². The summed E-state index contributed by atoms with van der Waals surface area (Å²) in [6.45, 7) is 2.43. The Morgan fingerprint density at radius 1 is 1.28 bits per heavy atom. The van der Waals surface area contributed by atoms with Crippen LogP contribution in [0.3, 0.4) is 0 Å². The zero-order valence-corrected chi connectivity index (χ0v) is 16.6. The number of aromatic nitrogens is 3. The van der Waals surface area contributed by atoms with Crippen LogP contribution in [0.15, 0.2) is 29.1 Å². The van der Waals surface area contributed by atoms with E-state index in [1.807, 2.05) is 0 Å². The van der Waals surface area contributed by atoms with Crippen LogP contribution in [-0.4, -0.2) is 32.9 Å². The molecule has 1 aromatic carbocycles. The summed E-state index contributed by atoms with van der Waals surface area (Å²) in [7, 11) is 0. The third-order valence-electron chi connectivity index (χ3n) is 5.01. The summed E-state index contributed by atoms with van der Waals surface area (Å²) in [6, 6.07) is 5.47. The minimum absolute atomic E-state index is 0.00480. The van der Waals surface area contributed by atoms with Crippen LogP contribution in [0.5, 0.6) is 5.75 Å². The molecule has 0 spiro atoms. The van der Waals surface area contributed by atoms with Gasteiger partial charge in [-0.25, -0.2) is 9.48 Å². The molecule has 0 saturated heterocycles. The summed E-state index contributed by atoms with van der Waals surface area (Å²) in [5.74, 6) is 0.973. The smallest absolute Gasteiger partial charge is 0.387 e. The number of rotatable bonds is 7. The molecule has 0 radical (unpaired) electrons. The van der Waals surface area contributed by atoms with Crippen molar-refractivity contribution in [3.05, 3.63) is 46.1 Å². The fourth-order valence-electron chi connectivity index (χ4n) is 3.36. The third-order valence-corrected chi connectivity index (χ3v) is 5.01. The first-order valence-electron chi connectivity index (χ1n) is 9.85. The zero-order chi connectivity index (χ0) is 21.0. The molecule has 158 valence electrons. The van der Waals surface area contributed by atoms with Gasteiger partial charge in [0, 0.05) is 31.1 Å². The minimum Gasteiger partial charge on any atom is -0.435 e. The molecule has 0 saturated carbocycles. The highest BCUT2D eigenvalue weighted by Gasteiger charge is 2.22. The summed E-state index contributed by atoms with van der Waals surface area (Å²) in [5, 5.41) is 7.42. The van der Waals surface area contributed by atoms with Crippen molar-refractivity contribution in [2.45, 2.75) is 65.3 Å². The zero-order valence-electron chi connectivity index (χ0n) is 16.6. The molecule has 0 bridgehead atoms. The summed E-state index contributed by atoms with van der Waals surface area (Å²) in [5.41, 5.74) is 0.270. The van der Waals surface area contributed by atoms with Crippen LogP contribution < -0.4 is 15.7 Å². The molecule has 7 nitrogen and oxygen atoms in total. The number of halogens is 2. The van der Waals surface area contributed by atoms with E-state index in [2.05, 4.69) is 29.0 Å². The van der Waals surface area contributed by atoms with Gasteiger partial charge in [0.15, 0.2) is 0 Å². The highest BCUT2D eigenvalue weighted by atomic mass is 19.3. The maximum atomic E-state index is 12.5. The van der Waals surface area contributed by atoms with Gasteiger partial charge in [-0.3, -0.25) is 9.36 Å². The summed E-state index contributed by atoms with van der Waals surface area (Å²) >= 11 is 0. The van der Waals surface area contributed by atoms with Crippen molar-refractivity contribution in [1.82, 2.24) is 19.7 Å². The second kappa shape index (κ2) is 9.19. The minimum atomic E-state index is -2.90. The number of carbonyl (C=O) groups excluding carboxylic acids is 1. The Bertz CT molecular complexity index is 890.